The van der Waals surface area contributed by atoms with Gasteiger partial charge in [0, 0.05) is 42.0 Å². The van der Waals surface area contributed by atoms with E-state index in [0.29, 0.717) is 5.69 Å². The summed E-state index contributed by atoms with van der Waals surface area (Å²) in [4.78, 5) is 21.1. The molecular weight excluding hydrogens is 270 g/mol. The Morgan fingerprint density at radius 2 is 1.95 bits per heavy atom. The highest BCUT2D eigenvalue weighted by Gasteiger charge is 2.21. The molecule has 1 N–H and O–H groups in total. The maximum Gasteiger partial charge on any atom is 0.270 e. The van der Waals surface area contributed by atoms with Crippen molar-refractivity contribution in [1.29, 1.82) is 0 Å². The SMILES string of the molecule is CSc1ccc2[nH]c(C(=O)N3CCN(C)CC3)cc2c1. The minimum absolute atomic E-state index is 0.111. The Hall–Kier alpha value is -1.46. The fourth-order valence-electron chi connectivity index (χ4n) is 2.53. The third-order valence-corrected chi connectivity index (χ3v) is 4.57. The van der Waals surface area contributed by atoms with E-state index in [2.05, 4.69) is 35.3 Å². The van der Waals surface area contributed by atoms with Gasteiger partial charge in [-0.3, -0.25) is 4.79 Å². The summed E-state index contributed by atoms with van der Waals surface area (Å²) in [6.07, 6.45) is 2.06. The van der Waals surface area contributed by atoms with Gasteiger partial charge in [-0.15, -0.1) is 11.8 Å². The molecule has 1 aromatic carbocycles. The fourth-order valence-corrected chi connectivity index (χ4v) is 2.98. The Kier molecular flexibility index (Phi) is 3.72. The van der Waals surface area contributed by atoms with Crippen LogP contribution in [0.3, 0.4) is 0 Å². The number of hydrogen-bond acceptors (Lipinski definition) is 3. The highest BCUT2D eigenvalue weighted by molar-refractivity contribution is 7.98. The zero-order valence-electron chi connectivity index (χ0n) is 11.8. The lowest BCUT2D eigenvalue weighted by Gasteiger charge is -2.32. The van der Waals surface area contributed by atoms with Crippen molar-refractivity contribution in [3.05, 3.63) is 30.0 Å². The summed E-state index contributed by atoms with van der Waals surface area (Å²) in [6.45, 7) is 3.51. The maximum atomic E-state index is 12.5. The second kappa shape index (κ2) is 5.50. The number of rotatable bonds is 2. The van der Waals surface area contributed by atoms with Gasteiger partial charge in [0.05, 0.1) is 0 Å². The van der Waals surface area contributed by atoms with Crippen molar-refractivity contribution in [1.82, 2.24) is 14.8 Å². The molecule has 0 radical (unpaired) electrons. The van der Waals surface area contributed by atoms with Crippen LogP contribution in [0.1, 0.15) is 10.5 Å². The quantitative estimate of drug-likeness (QED) is 0.862. The van der Waals surface area contributed by atoms with E-state index in [9.17, 15) is 4.79 Å². The van der Waals surface area contributed by atoms with E-state index in [1.165, 1.54) is 4.90 Å². The van der Waals surface area contributed by atoms with Crippen LogP contribution in [0.5, 0.6) is 0 Å². The minimum Gasteiger partial charge on any atom is -0.351 e. The van der Waals surface area contributed by atoms with E-state index in [0.717, 1.165) is 37.1 Å². The first kappa shape index (κ1) is 13.5. The first-order valence-electron chi connectivity index (χ1n) is 6.82. The predicted molar refractivity (Wildman–Crippen MR) is 83.5 cm³/mol. The predicted octanol–water partition coefficient (Wildman–Crippen LogP) is 2.28. The molecule has 2 aromatic rings. The minimum atomic E-state index is 0.111. The molecule has 20 heavy (non-hydrogen) atoms. The van der Waals surface area contributed by atoms with E-state index in [1.54, 1.807) is 11.8 Å². The van der Waals surface area contributed by atoms with Gasteiger partial charge in [-0.05, 0) is 37.6 Å². The van der Waals surface area contributed by atoms with E-state index in [4.69, 9.17) is 0 Å². The molecule has 0 saturated carbocycles. The number of carbonyl (C=O) groups is 1. The van der Waals surface area contributed by atoms with Crippen LogP contribution in [-0.4, -0.2) is 60.2 Å². The van der Waals surface area contributed by atoms with Gasteiger partial charge in [0.1, 0.15) is 5.69 Å². The van der Waals surface area contributed by atoms with Crippen LogP contribution in [0.15, 0.2) is 29.2 Å². The lowest BCUT2D eigenvalue weighted by atomic mass is 10.2. The maximum absolute atomic E-state index is 12.5. The second-order valence-corrected chi connectivity index (χ2v) is 6.11. The van der Waals surface area contributed by atoms with Crippen LogP contribution >= 0.6 is 11.8 Å². The van der Waals surface area contributed by atoms with Gasteiger partial charge in [-0.1, -0.05) is 0 Å². The molecular formula is C15H19N3OS. The molecule has 0 bridgehead atoms. The van der Waals surface area contributed by atoms with Crippen LogP contribution in [0.2, 0.25) is 0 Å². The standard InChI is InChI=1S/C15H19N3OS/c1-17-5-7-18(8-6-17)15(19)14-10-11-9-12(20-2)3-4-13(11)16-14/h3-4,9-10,16H,5-8H2,1-2H3. The van der Waals surface area contributed by atoms with Crippen molar-refractivity contribution in [3.8, 4) is 0 Å². The Morgan fingerprint density at radius 3 is 2.65 bits per heavy atom. The smallest absolute Gasteiger partial charge is 0.270 e. The summed E-state index contributed by atoms with van der Waals surface area (Å²) in [5, 5.41) is 1.11. The normalized spacial score (nSPS) is 16.8. The van der Waals surface area contributed by atoms with E-state index < -0.39 is 0 Å². The third-order valence-electron chi connectivity index (χ3n) is 3.85. The van der Waals surface area contributed by atoms with Crippen molar-refractivity contribution in [2.24, 2.45) is 0 Å². The number of H-pyrrole nitrogens is 1. The molecule has 0 spiro atoms. The van der Waals surface area contributed by atoms with Crippen LogP contribution in [-0.2, 0) is 0 Å². The van der Waals surface area contributed by atoms with Crippen molar-refractivity contribution in [3.63, 3.8) is 0 Å². The van der Waals surface area contributed by atoms with Gasteiger partial charge in [-0.2, -0.15) is 0 Å². The monoisotopic (exact) mass is 289 g/mol. The van der Waals surface area contributed by atoms with Gasteiger partial charge in [0.2, 0.25) is 0 Å². The number of hydrogen-bond donors (Lipinski definition) is 1. The highest BCUT2D eigenvalue weighted by atomic mass is 32.2. The number of aromatic amines is 1. The Morgan fingerprint density at radius 1 is 1.20 bits per heavy atom. The molecule has 1 aromatic heterocycles. The summed E-state index contributed by atoms with van der Waals surface area (Å²) in [5.41, 5.74) is 1.73. The van der Waals surface area contributed by atoms with Gasteiger partial charge in [0.15, 0.2) is 0 Å². The number of likely N-dealkylation sites (N-methyl/N-ethyl adjacent to an activating group) is 1. The molecule has 0 atom stereocenters. The number of fused-ring (bicyclic) bond motifs is 1. The van der Waals surface area contributed by atoms with Crippen molar-refractivity contribution < 1.29 is 4.79 Å². The van der Waals surface area contributed by atoms with Gasteiger partial charge in [0.25, 0.3) is 5.91 Å². The lowest BCUT2D eigenvalue weighted by Crippen LogP contribution is -2.47. The zero-order valence-corrected chi connectivity index (χ0v) is 12.7. The molecule has 1 saturated heterocycles. The topological polar surface area (TPSA) is 39.3 Å². The molecule has 1 fully saturated rings. The van der Waals surface area contributed by atoms with Crippen LogP contribution < -0.4 is 0 Å². The molecule has 3 rings (SSSR count). The molecule has 5 heteroatoms. The highest BCUT2D eigenvalue weighted by Crippen LogP contribution is 2.23. The number of piperazine rings is 1. The van der Waals surface area contributed by atoms with Crippen molar-refractivity contribution in [2.45, 2.75) is 4.90 Å². The summed E-state index contributed by atoms with van der Waals surface area (Å²) in [6, 6.07) is 8.21. The number of amides is 1. The van der Waals surface area contributed by atoms with E-state index in [-0.39, 0.29) is 5.91 Å². The average molecular weight is 289 g/mol. The van der Waals surface area contributed by atoms with Gasteiger partial charge >= 0.3 is 0 Å². The molecule has 1 aliphatic heterocycles. The van der Waals surface area contributed by atoms with Crippen molar-refractivity contribution in [2.75, 3.05) is 39.5 Å². The second-order valence-electron chi connectivity index (χ2n) is 5.23. The number of benzene rings is 1. The summed E-state index contributed by atoms with van der Waals surface area (Å²) in [5.74, 6) is 0.111. The average Bonchev–Trinajstić information content (AvgIpc) is 2.90. The molecule has 0 unspecified atom stereocenters. The first-order chi connectivity index (χ1) is 9.67. The van der Waals surface area contributed by atoms with Crippen LogP contribution in [0.25, 0.3) is 10.9 Å². The third kappa shape index (κ3) is 2.55. The molecule has 4 nitrogen and oxygen atoms in total. The summed E-state index contributed by atoms with van der Waals surface area (Å²) < 4.78 is 0. The Balaban J connectivity index is 1.84. The number of thioether (sulfide) groups is 1. The van der Waals surface area contributed by atoms with E-state index >= 15 is 0 Å². The largest absolute Gasteiger partial charge is 0.351 e. The van der Waals surface area contributed by atoms with Crippen LogP contribution in [0.4, 0.5) is 0 Å². The van der Waals surface area contributed by atoms with E-state index in [1.807, 2.05) is 17.0 Å². The van der Waals surface area contributed by atoms with Crippen LogP contribution in [0, 0.1) is 0 Å². The summed E-state index contributed by atoms with van der Waals surface area (Å²) >= 11 is 1.71. The summed E-state index contributed by atoms with van der Waals surface area (Å²) in [7, 11) is 2.09. The molecule has 106 valence electrons. The van der Waals surface area contributed by atoms with Gasteiger partial charge in [-0.25, -0.2) is 0 Å². The Labute approximate surface area is 123 Å². The number of aromatic nitrogens is 1. The molecule has 1 aliphatic rings. The van der Waals surface area contributed by atoms with Gasteiger partial charge < -0.3 is 14.8 Å². The lowest BCUT2D eigenvalue weighted by molar-refractivity contribution is 0.0659. The number of carbonyl (C=O) groups excluding carboxylic acids is 1. The molecule has 2 heterocycles. The molecule has 0 aliphatic carbocycles. The first-order valence-corrected chi connectivity index (χ1v) is 8.04. The number of nitrogens with one attached hydrogen (secondary N) is 1. The Bertz CT molecular complexity index is 629. The molecule has 1 amide bonds. The van der Waals surface area contributed by atoms with Crippen molar-refractivity contribution >= 4 is 28.6 Å². The zero-order chi connectivity index (χ0) is 14.1. The fraction of sp³-hybridized carbons (Fsp3) is 0.400. The number of nitrogens with zero attached hydrogens (tertiary/aromatic N) is 2.